The molecule has 4 aliphatic carbocycles. The van der Waals surface area contributed by atoms with Crippen LogP contribution in [0.5, 0.6) is 0 Å². The zero-order chi connectivity index (χ0) is 27.1. The van der Waals surface area contributed by atoms with Crippen molar-refractivity contribution < 1.29 is 14.7 Å². The van der Waals surface area contributed by atoms with Crippen LogP contribution < -0.4 is 16.0 Å². The Labute approximate surface area is 230 Å². The quantitative estimate of drug-likeness (QED) is 0.386. The van der Waals surface area contributed by atoms with Crippen LogP contribution in [0, 0.1) is 40.4 Å². The second kappa shape index (κ2) is 11.4. The summed E-state index contributed by atoms with van der Waals surface area (Å²) in [7, 11) is 3.99. The van der Waals surface area contributed by atoms with E-state index < -0.39 is 0 Å². The van der Waals surface area contributed by atoms with Crippen molar-refractivity contribution >= 4 is 11.8 Å². The lowest BCUT2D eigenvalue weighted by atomic mass is 9.44. The van der Waals surface area contributed by atoms with E-state index in [4.69, 9.17) is 0 Å². The minimum atomic E-state index is -0.212. The molecule has 0 aromatic rings. The number of carbonyl (C=O) groups is 2. The fraction of sp³-hybridized carbons (Fsp3) is 0.935. The number of nitrogens with zero attached hydrogens (tertiary/aromatic N) is 1. The summed E-state index contributed by atoms with van der Waals surface area (Å²) < 4.78 is 0. The van der Waals surface area contributed by atoms with Crippen molar-refractivity contribution in [3.8, 4) is 0 Å². The van der Waals surface area contributed by atoms with Crippen molar-refractivity contribution in [2.45, 2.75) is 109 Å². The summed E-state index contributed by atoms with van der Waals surface area (Å²) in [4.78, 5) is 27.4. The largest absolute Gasteiger partial charge is 0.393 e. The third kappa shape index (κ3) is 5.54. The predicted octanol–water partition coefficient (Wildman–Crippen LogP) is 3.31. The van der Waals surface area contributed by atoms with Crippen molar-refractivity contribution in [1.29, 1.82) is 0 Å². The van der Waals surface area contributed by atoms with Gasteiger partial charge in [-0.3, -0.25) is 9.59 Å². The van der Waals surface area contributed by atoms with Gasteiger partial charge in [-0.1, -0.05) is 13.8 Å². The van der Waals surface area contributed by atoms with Crippen LogP contribution in [0.1, 0.15) is 90.9 Å². The number of hydrogen-bond acceptors (Lipinski definition) is 5. The monoisotopic (exact) mass is 530 g/mol. The summed E-state index contributed by atoms with van der Waals surface area (Å²) in [6.45, 7) is 7.26. The number of aliphatic hydroxyl groups excluding tert-OH is 1. The highest BCUT2D eigenvalue weighted by molar-refractivity contribution is 5.82. The van der Waals surface area contributed by atoms with E-state index in [0.29, 0.717) is 48.6 Å². The first-order valence-electron chi connectivity index (χ1n) is 15.7. The van der Waals surface area contributed by atoms with Crippen LogP contribution in [0.4, 0.5) is 0 Å². The molecule has 4 N–H and O–H groups in total. The summed E-state index contributed by atoms with van der Waals surface area (Å²) in [6, 6.07) is -0.170. The fourth-order valence-corrected chi connectivity index (χ4v) is 9.99. The maximum atomic E-state index is 12.9. The first kappa shape index (κ1) is 28.4. The van der Waals surface area contributed by atoms with Gasteiger partial charge in [0.15, 0.2) is 0 Å². The minimum Gasteiger partial charge on any atom is -0.393 e. The molecule has 7 nitrogen and oxygen atoms in total. The third-order valence-corrected chi connectivity index (χ3v) is 12.2. The third-order valence-electron chi connectivity index (χ3n) is 12.2. The molecule has 5 rings (SSSR count). The van der Waals surface area contributed by atoms with Gasteiger partial charge in [0.2, 0.25) is 11.8 Å². The minimum absolute atomic E-state index is 0.0384. The molecule has 10 atom stereocenters. The second-order valence-electron chi connectivity index (χ2n) is 14.5. The zero-order valence-electron chi connectivity index (χ0n) is 24.4. The van der Waals surface area contributed by atoms with Gasteiger partial charge >= 0.3 is 0 Å². The molecule has 6 unspecified atom stereocenters. The molecule has 0 radical (unpaired) electrons. The molecule has 0 bridgehead atoms. The molecule has 0 aromatic carbocycles. The van der Waals surface area contributed by atoms with E-state index in [1.165, 1.54) is 44.9 Å². The molecule has 5 fully saturated rings. The highest BCUT2D eigenvalue weighted by Crippen LogP contribution is 2.67. The first-order chi connectivity index (χ1) is 18.1. The molecule has 1 saturated heterocycles. The van der Waals surface area contributed by atoms with E-state index in [2.05, 4.69) is 34.7 Å². The average Bonchev–Trinajstić information content (AvgIpc) is 3.47. The number of rotatable bonds is 8. The Kier molecular flexibility index (Phi) is 8.48. The smallest absolute Gasteiger partial charge is 0.237 e. The summed E-state index contributed by atoms with van der Waals surface area (Å²) in [5, 5.41) is 19.8. The molecule has 216 valence electrons. The molecule has 2 amide bonds. The molecule has 0 aromatic heterocycles. The van der Waals surface area contributed by atoms with Crippen molar-refractivity contribution in [1.82, 2.24) is 20.9 Å². The molecule has 5 aliphatic rings. The number of amides is 2. The van der Waals surface area contributed by atoms with Gasteiger partial charge in [0, 0.05) is 32.1 Å². The SMILES string of the molecule is CN(C)CCNC(=O)[C@@H]1CC(NC(=O)CCC2CCC3C4CCC5C[C@H](O)CC[C@]5(C)C4CC[C@]23C)CN1. The van der Waals surface area contributed by atoms with E-state index in [9.17, 15) is 14.7 Å². The normalized spacial score (nSPS) is 44.3. The summed E-state index contributed by atoms with van der Waals surface area (Å²) in [5.74, 6) is 4.04. The molecule has 4 saturated carbocycles. The Morgan fingerprint density at radius 1 is 0.974 bits per heavy atom. The van der Waals surface area contributed by atoms with Gasteiger partial charge < -0.3 is 26.0 Å². The van der Waals surface area contributed by atoms with Gasteiger partial charge in [-0.2, -0.15) is 0 Å². The maximum absolute atomic E-state index is 12.9. The van der Waals surface area contributed by atoms with Gasteiger partial charge in [0.1, 0.15) is 0 Å². The molecule has 38 heavy (non-hydrogen) atoms. The average molecular weight is 531 g/mol. The maximum Gasteiger partial charge on any atom is 0.237 e. The van der Waals surface area contributed by atoms with Gasteiger partial charge in [-0.15, -0.1) is 0 Å². The molecule has 0 spiro atoms. The van der Waals surface area contributed by atoms with Crippen LogP contribution in [0.3, 0.4) is 0 Å². The number of aliphatic hydroxyl groups is 1. The lowest BCUT2D eigenvalue weighted by Crippen LogP contribution is -2.53. The predicted molar refractivity (Wildman–Crippen MR) is 150 cm³/mol. The lowest BCUT2D eigenvalue weighted by molar-refractivity contribution is -0.128. The van der Waals surface area contributed by atoms with E-state index in [1.807, 2.05) is 14.1 Å². The summed E-state index contributed by atoms with van der Waals surface area (Å²) in [6.07, 6.45) is 13.4. The lowest BCUT2D eigenvalue weighted by Gasteiger charge is -2.61. The molecular weight excluding hydrogens is 476 g/mol. The van der Waals surface area contributed by atoms with Crippen LogP contribution in [0.15, 0.2) is 0 Å². The Morgan fingerprint density at radius 2 is 1.74 bits per heavy atom. The van der Waals surface area contributed by atoms with Crippen LogP contribution in [-0.2, 0) is 9.59 Å². The van der Waals surface area contributed by atoms with Crippen LogP contribution in [-0.4, -0.2) is 73.7 Å². The van der Waals surface area contributed by atoms with E-state index in [0.717, 1.165) is 43.6 Å². The van der Waals surface area contributed by atoms with Crippen LogP contribution in [0.25, 0.3) is 0 Å². The van der Waals surface area contributed by atoms with E-state index >= 15 is 0 Å². The number of fused-ring (bicyclic) bond motifs is 5. The van der Waals surface area contributed by atoms with Crippen molar-refractivity contribution in [3.05, 3.63) is 0 Å². The Balaban J connectivity index is 1.09. The number of likely N-dealkylation sites (N-methyl/N-ethyl adjacent to an activating group) is 1. The van der Waals surface area contributed by atoms with Crippen LogP contribution >= 0.6 is 0 Å². The van der Waals surface area contributed by atoms with Gasteiger partial charge in [-0.05, 0) is 125 Å². The molecule has 1 heterocycles. The van der Waals surface area contributed by atoms with Crippen molar-refractivity contribution in [2.75, 3.05) is 33.7 Å². The summed E-state index contributed by atoms with van der Waals surface area (Å²) >= 11 is 0. The fourth-order valence-electron chi connectivity index (χ4n) is 9.99. The Morgan fingerprint density at radius 3 is 2.53 bits per heavy atom. The zero-order valence-corrected chi connectivity index (χ0v) is 24.4. The van der Waals surface area contributed by atoms with Crippen LogP contribution in [0.2, 0.25) is 0 Å². The highest BCUT2D eigenvalue weighted by Gasteiger charge is 2.59. The van der Waals surface area contributed by atoms with E-state index in [-0.39, 0.29) is 30.0 Å². The molecule has 7 heteroatoms. The van der Waals surface area contributed by atoms with Gasteiger partial charge in [0.25, 0.3) is 0 Å². The number of nitrogens with one attached hydrogen (secondary N) is 3. The topological polar surface area (TPSA) is 93.7 Å². The highest BCUT2D eigenvalue weighted by atomic mass is 16.3. The number of hydrogen-bond donors (Lipinski definition) is 4. The summed E-state index contributed by atoms with van der Waals surface area (Å²) in [5.41, 5.74) is 0.807. The van der Waals surface area contributed by atoms with Gasteiger partial charge in [0.05, 0.1) is 12.1 Å². The van der Waals surface area contributed by atoms with Crippen molar-refractivity contribution in [3.63, 3.8) is 0 Å². The van der Waals surface area contributed by atoms with E-state index in [1.54, 1.807) is 0 Å². The van der Waals surface area contributed by atoms with Crippen molar-refractivity contribution in [2.24, 2.45) is 40.4 Å². The molecular formula is C31H54N4O3. The van der Waals surface area contributed by atoms with Gasteiger partial charge in [-0.25, -0.2) is 0 Å². The Hall–Kier alpha value is -1.18. The standard InChI is InChI=1S/C31H54N4O3/c1-30-14-12-26-24(8-5-21-17-23(36)11-13-31(21,26)2)25(30)9-6-20(30)7-10-28(37)34-22-18-27(33-19-22)29(38)32-15-16-35(3)4/h20-27,33,36H,5-19H2,1-4H3,(H,32,38)(H,34,37)/t20?,21?,22?,23-,24?,25?,26?,27+,30-,31+/m1/s1. The Bertz CT molecular complexity index is 866. The molecule has 1 aliphatic heterocycles. The first-order valence-corrected chi connectivity index (χ1v) is 15.7. The second-order valence-corrected chi connectivity index (χ2v) is 14.5. The number of carbonyl (C=O) groups excluding carboxylic acids is 2.